The summed E-state index contributed by atoms with van der Waals surface area (Å²) in [6.45, 7) is 4.10. The number of hydrogen-bond acceptors (Lipinski definition) is 8. The molecule has 11 heteroatoms. The Hall–Kier alpha value is -3.41. The Bertz CT molecular complexity index is 1190. The molecule has 1 aromatic heterocycles. The molecule has 1 unspecified atom stereocenters. The van der Waals surface area contributed by atoms with E-state index in [0.29, 0.717) is 36.9 Å². The zero-order valence-corrected chi connectivity index (χ0v) is 24.0. The van der Waals surface area contributed by atoms with Crippen LogP contribution in [0.4, 0.5) is 18.9 Å². The van der Waals surface area contributed by atoms with Crippen LogP contribution >= 0.6 is 0 Å². The predicted molar refractivity (Wildman–Crippen MR) is 158 cm³/mol. The summed E-state index contributed by atoms with van der Waals surface area (Å²) in [6.07, 6.45) is 1.77. The smallest absolute Gasteiger partial charge is 0.416 e. The maximum Gasteiger partial charge on any atom is 0.416 e. The number of anilines is 1. The van der Waals surface area contributed by atoms with Gasteiger partial charge in [0, 0.05) is 44.0 Å². The van der Waals surface area contributed by atoms with Crippen molar-refractivity contribution in [2.45, 2.75) is 51.2 Å². The molecular formula is C30H42F3N5O3. The molecule has 0 radical (unpaired) electrons. The van der Waals surface area contributed by atoms with Crippen molar-refractivity contribution in [2.24, 2.45) is 16.6 Å². The maximum absolute atomic E-state index is 12.6. The van der Waals surface area contributed by atoms with Crippen molar-refractivity contribution in [3.8, 4) is 5.75 Å². The van der Waals surface area contributed by atoms with Crippen LogP contribution in [0.2, 0.25) is 0 Å². The van der Waals surface area contributed by atoms with Crippen molar-refractivity contribution in [3.63, 3.8) is 0 Å². The van der Waals surface area contributed by atoms with E-state index in [1.165, 1.54) is 12.1 Å². The van der Waals surface area contributed by atoms with Gasteiger partial charge in [0.15, 0.2) is 0 Å². The fourth-order valence-electron chi connectivity index (χ4n) is 3.96. The molecule has 5 N–H and O–H groups in total. The van der Waals surface area contributed by atoms with Gasteiger partial charge in [0.1, 0.15) is 12.4 Å². The van der Waals surface area contributed by atoms with Gasteiger partial charge in [-0.2, -0.15) is 13.2 Å². The maximum atomic E-state index is 12.6. The van der Waals surface area contributed by atoms with Crippen LogP contribution in [0.25, 0.3) is 10.9 Å². The fraction of sp³-hybridized carbons (Fsp3) is 0.467. The standard InChI is InChI=1S/C15H21F3N2O2.C15H21N3O/c1-21-10-3-2-4-14(20-22-11-9-19)12-5-7-13(8-6-12)15(16,17)18;1-11(5-3-7-16)18-14-10-13(19-2)9-12-6-4-8-17-15(12)14/h5-8H,2-4,9-11,19H2,1H3;4,6,8-11,18H,3,5,7,16H2,1-2H3. The van der Waals surface area contributed by atoms with Crippen molar-refractivity contribution in [2.75, 3.05) is 45.8 Å². The van der Waals surface area contributed by atoms with E-state index in [0.717, 1.165) is 66.7 Å². The number of pyridine rings is 1. The quantitative estimate of drug-likeness (QED) is 0.116. The number of aromatic nitrogens is 1. The number of alkyl halides is 3. The van der Waals surface area contributed by atoms with Crippen molar-refractivity contribution in [3.05, 3.63) is 65.9 Å². The lowest BCUT2D eigenvalue weighted by molar-refractivity contribution is -0.137. The highest BCUT2D eigenvalue weighted by Crippen LogP contribution is 2.30. The van der Waals surface area contributed by atoms with Crippen LogP contribution in [0.15, 0.2) is 59.9 Å². The Morgan fingerprint density at radius 3 is 2.39 bits per heavy atom. The van der Waals surface area contributed by atoms with Crippen LogP contribution in [-0.2, 0) is 15.8 Å². The van der Waals surface area contributed by atoms with Crippen LogP contribution in [0.3, 0.4) is 0 Å². The lowest BCUT2D eigenvalue weighted by Crippen LogP contribution is -2.17. The van der Waals surface area contributed by atoms with Gasteiger partial charge in [-0.05, 0) is 75.4 Å². The molecule has 0 aliphatic carbocycles. The predicted octanol–water partition coefficient (Wildman–Crippen LogP) is 5.98. The molecule has 3 rings (SSSR count). The van der Waals surface area contributed by atoms with Gasteiger partial charge in [-0.1, -0.05) is 23.4 Å². The SMILES string of the molecule is COCCCCC(=NOCCN)c1ccc(C(F)(F)F)cc1.COc1cc(NC(C)CCCN)c2ncccc2c1. The van der Waals surface area contributed by atoms with E-state index in [4.69, 9.17) is 25.8 Å². The molecule has 0 fully saturated rings. The number of oxime groups is 1. The van der Waals surface area contributed by atoms with Crippen molar-refractivity contribution in [1.29, 1.82) is 0 Å². The van der Waals surface area contributed by atoms with Crippen LogP contribution in [0.5, 0.6) is 5.75 Å². The van der Waals surface area contributed by atoms with E-state index >= 15 is 0 Å². The molecule has 0 aliphatic heterocycles. The lowest BCUT2D eigenvalue weighted by Gasteiger charge is -2.17. The molecule has 1 heterocycles. The number of ether oxygens (including phenoxy) is 2. The van der Waals surface area contributed by atoms with Crippen LogP contribution in [-0.4, -0.2) is 57.3 Å². The van der Waals surface area contributed by atoms with E-state index in [-0.39, 0.29) is 6.61 Å². The zero-order chi connectivity index (χ0) is 30.1. The molecule has 0 aliphatic rings. The van der Waals surface area contributed by atoms with Gasteiger partial charge < -0.3 is 31.1 Å². The number of fused-ring (bicyclic) bond motifs is 1. The Kier molecular flexibility index (Phi) is 14.9. The van der Waals surface area contributed by atoms with E-state index in [1.807, 2.05) is 30.5 Å². The number of halogens is 3. The minimum Gasteiger partial charge on any atom is -0.497 e. The Balaban J connectivity index is 0.000000289. The van der Waals surface area contributed by atoms with E-state index in [2.05, 4.69) is 22.4 Å². The highest BCUT2D eigenvalue weighted by atomic mass is 19.4. The van der Waals surface area contributed by atoms with Gasteiger partial charge >= 0.3 is 6.18 Å². The lowest BCUT2D eigenvalue weighted by atomic mass is 10.0. The minimum atomic E-state index is -4.34. The summed E-state index contributed by atoms with van der Waals surface area (Å²) in [7, 11) is 3.30. The van der Waals surface area contributed by atoms with Crippen molar-refractivity contribution in [1.82, 2.24) is 4.98 Å². The third-order valence-electron chi connectivity index (χ3n) is 6.10. The van der Waals surface area contributed by atoms with E-state index in [9.17, 15) is 13.2 Å². The molecule has 0 spiro atoms. The molecule has 41 heavy (non-hydrogen) atoms. The molecule has 8 nitrogen and oxygen atoms in total. The fourth-order valence-corrected chi connectivity index (χ4v) is 3.96. The molecular weight excluding hydrogens is 535 g/mol. The Morgan fingerprint density at radius 2 is 1.76 bits per heavy atom. The summed E-state index contributed by atoms with van der Waals surface area (Å²) >= 11 is 0. The normalized spacial score (nSPS) is 12.4. The summed E-state index contributed by atoms with van der Waals surface area (Å²) in [5.41, 5.74) is 13.4. The molecule has 1 atom stereocenters. The largest absolute Gasteiger partial charge is 0.497 e. The second-order valence-electron chi connectivity index (χ2n) is 9.41. The Morgan fingerprint density at radius 1 is 1.00 bits per heavy atom. The van der Waals surface area contributed by atoms with Gasteiger partial charge in [-0.15, -0.1) is 0 Å². The molecule has 3 aromatic rings. The number of nitrogens with zero attached hydrogens (tertiary/aromatic N) is 2. The molecule has 0 amide bonds. The number of methoxy groups -OCH3 is 2. The van der Waals surface area contributed by atoms with Gasteiger partial charge in [-0.25, -0.2) is 0 Å². The molecule has 226 valence electrons. The van der Waals surface area contributed by atoms with Gasteiger partial charge in [-0.3, -0.25) is 4.98 Å². The number of nitrogens with two attached hydrogens (primary N) is 2. The minimum absolute atomic E-state index is 0.266. The number of hydrogen-bond donors (Lipinski definition) is 3. The Labute approximate surface area is 240 Å². The summed E-state index contributed by atoms with van der Waals surface area (Å²) < 4.78 is 48.0. The molecule has 2 aromatic carbocycles. The average Bonchev–Trinajstić information content (AvgIpc) is 2.97. The second-order valence-corrected chi connectivity index (χ2v) is 9.41. The molecule has 0 saturated heterocycles. The number of unbranched alkanes of at least 4 members (excludes halogenated alkanes) is 1. The van der Waals surface area contributed by atoms with Gasteiger partial charge in [0.25, 0.3) is 0 Å². The average molecular weight is 578 g/mol. The van der Waals surface area contributed by atoms with Crippen molar-refractivity contribution >= 4 is 22.3 Å². The number of nitrogens with one attached hydrogen (secondary N) is 1. The van der Waals surface area contributed by atoms with E-state index < -0.39 is 11.7 Å². The van der Waals surface area contributed by atoms with Gasteiger partial charge in [0.2, 0.25) is 0 Å². The first-order valence-corrected chi connectivity index (χ1v) is 13.7. The van der Waals surface area contributed by atoms with Crippen LogP contribution < -0.4 is 21.5 Å². The van der Waals surface area contributed by atoms with Gasteiger partial charge in [0.05, 0.1) is 29.6 Å². The number of benzene rings is 2. The number of rotatable bonds is 15. The van der Waals surface area contributed by atoms with E-state index in [1.54, 1.807) is 14.2 Å². The first-order chi connectivity index (χ1) is 19.7. The summed E-state index contributed by atoms with van der Waals surface area (Å²) in [4.78, 5) is 9.51. The summed E-state index contributed by atoms with van der Waals surface area (Å²) in [6, 6.07) is 13.2. The highest BCUT2D eigenvalue weighted by Gasteiger charge is 2.30. The van der Waals surface area contributed by atoms with Crippen molar-refractivity contribution < 1.29 is 27.5 Å². The van der Waals surface area contributed by atoms with Crippen LogP contribution in [0.1, 0.15) is 50.2 Å². The third-order valence-corrected chi connectivity index (χ3v) is 6.10. The van der Waals surface area contributed by atoms with Crippen LogP contribution in [0, 0.1) is 0 Å². The summed E-state index contributed by atoms with van der Waals surface area (Å²) in [5, 5.41) is 8.56. The zero-order valence-electron chi connectivity index (χ0n) is 24.0. The topological polar surface area (TPSA) is 117 Å². The molecule has 0 bridgehead atoms. The third kappa shape index (κ3) is 11.9. The molecule has 0 saturated carbocycles. The highest BCUT2D eigenvalue weighted by molar-refractivity contribution is 6.00. The first-order valence-electron chi connectivity index (χ1n) is 13.7. The first kappa shape index (κ1) is 33.8. The second kappa shape index (κ2) is 18.1. The summed E-state index contributed by atoms with van der Waals surface area (Å²) in [5.74, 6) is 0.842. The monoisotopic (exact) mass is 577 g/mol.